The van der Waals surface area contributed by atoms with Crippen LogP contribution in [0.15, 0.2) is 43.0 Å². The molecule has 1 aromatic carbocycles. The molecule has 0 aliphatic carbocycles. The van der Waals surface area contributed by atoms with Crippen molar-refractivity contribution in [2.24, 2.45) is 0 Å². The lowest BCUT2D eigenvalue weighted by Crippen LogP contribution is -2.18. The van der Waals surface area contributed by atoms with E-state index < -0.39 is 10.0 Å². The molecule has 7 nitrogen and oxygen atoms in total. The van der Waals surface area contributed by atoms with Crippen LogP contribution >= 0.6 is 0 Å². The Kier molecular flexibility index (Phi) is 4.04. The fourth-order valence-electron chi connectivity index (χ4n) is 1.44. The Bertz CT molecular complexity index is 678. The lowest BCUT2D eigenvalue weighted by atomic mass is 10.3. The highest BCUT2D eigenvalue weighted by Gasteiger charge is 2.07. The second kappa shape index (κ2) is 5.74. The quantitative estimate of drug-likeness (QED) is 0.898. The molecule has 0 bridgehead atoms. The van der Waals surface area contributed by atoms with Crippen molar-refractivity contribution in [3.05, 3.63) is 43.0 Å². The molecule has 0 unspecified atom stereocenters. The van der Waals surface area contributed by atoms with Gasteiger partial charge in [-0.25, -0.2) is 18.2 Å². The van der Waals surface area contributed by atoms with Gasteiger partial charge in [0.2, 0.25) is 10.0 Å². The van der Waals surface area contributed by atoms with Crippen LogP contribution in [-0.4, -0.2) is 29.8 Å². The van der Waals surface area contributed by atoms with Crippen LogP contribution in [0.3, 0.4) is 0 Å². The summed E-state index contributed by atoms with van der Waals surface area (Å²) < 4.78 is 26.5. The van der Waals surface area contributed by atoms with Crippen molar-refractivity contribution in [1.29, 1.82) is 0 Å². The summed E-state index contributed by atoms with van der Waals surface area (Å²) in [4.78, 5) is 15.5. The van der Waals surface area contributed by atoms with E-state index in [2.05, 4.69) is 15.0 Å². The van der Waals surface area contributed by atoms with Gasteiger partial charge in [-0.05, 0) is 31.2 Å². The lowest BCUT2D eigenvalue weighted by Gasteiger charge is -2.08. The molecule has 2 rings (SSSR count). The minimum absolute atomic E-state index is 0.00607. The molecule has 0 saturated heterocycles. The second-order valence-electron chi connectivity index (χ2n) is 3.98. The van der Waals surface area contributed by atoms with Crippen LogP contribution in [0, 0.1) is 0 Å². The van der Waals surface area contributed by atoms with Gasteiger partial charge in [-0.3, -0.25) is 9.29 Å². The summed E-state index contributed by atoms with van der Waals surface area (Å²) >= 11 is 0. The Morgan fingerprint density at radius 1 is 1.25 bits per heavy atom. The van der Waals surface area contributed by atoms with Gasteiger partial charge in [0, 0.05) is 23.8 Å². The van der Waals surface area contributed by atoms with Gasteiger partial charge in [0.1, 0.15) is 6.33 Å². The molecule has 1 aromatic heterocycles. The van der Waals surface area contributed by atoms with Crippen molar-refractivity contribution in [2.45, 2.75) is 6.92 Å². The molecule has 0 atom stereocenters. The molecule has 0 radical (unpaired) electrons. The summed E-state index contributed by atoms with van der Waals surface area (Å²) in [5, 5.41) is 2.66. The van der Waals surface area contributed by atoms with Gasteiger partial charge in [-0.15, -0.1) is 0 Å². The Balaban J connectivity index is 2.04. The fraction of sp³-hybridized carbons (Fsp3) is 0.167. The van der Waals surface area contributed by atoms with Crippen LogP contribution in [-0.2, 0) is 10.0 Å². The number of amides is 1. The first kappa shape index (κ1) is 14.1. The van der Waals surface area contributed by atoms with Crippen molar-refractivity contribution in [3.8, 4) is 0 Å². The maximum Gasteiger partial charge on any atom is 0.331 e. The van der Waals surface area contributed by atoms with Crippen LogP contribution < -0.4 is 10.0 Å². The normalized spacial score (nSPS) is 11.1. The minimum atomic E-state index is -3.29. The summed E-state index contributed by atoms with van der Waals surface area (Å²) in [6.07, 6.45) is 4.42. The molecular formula is C12H14N4O3S. The third-order valence-electron chi connectivity index (χ3n) is 2.53. The zero-order chi connectivity index (χ0) is 14.6. The number of benzene rings is 1. The predicted molar refractivity (Wildman–Crippen MR) is 76.2 cm³/mol. The molecule has 8 heteroatoms. The zero-order valence-electron chi connectivity index (χ0n) is 10.8. The van der Waals surface area contributed by atoms with Gasteiger partial charge in [0.05, 0.1) is 5.75 Å². The van der Waals surface area contributed by atoms with Crippen LogP contribution in [0.25, 0.3) is 0 Å². The first-order valence-corrected chi connectivity index (χ1v) is 7.55. The molecule has 0 aliphatic heterocycles. The number of nitrogens with one attached hydrogen (secondary N) is 2. The highest BCUT2D eigenvalue weighted by Crippen LogP contribution is 2.15. The van der Waals surface area contributed by atoms with E-state index in [0.717, 1.165) is 0 Å². The maximum atomic E-state index is 11.7. The number of sulfonamides is 1. The third kappa shape index (κ3) is 3.58. The number of anilines is 2. The standard InChI is InChI=1S/C12H14N4O3S/c1-2-20(18,19)15-11-5-3-10(4-6-11)14-12(17)16-8-7-13-9-16/h3-9,15H,2H2,1H3,(H,14,17). The number of aromatic nitrogens is 2. The molecule has 2 N–H and O–H groups in total. The molecular weight excluding hydrogens is 280 g/mol. The summed E-state index contributed by atoms with van der Waals surface area (Å²) in [6, 6.07) is 6.04. The average molecular weight is 294 g/mol. The van der Waals surface area contributed by atoms with Crippen molar-refractivity contribution in [3.63, 3.8) is 0 Å². The molecule has 2 aromatic rings. The van der Waals surface area contributed by atoms with Crippen LogP contribution in [0.1, 0.15) is 6.92 Å². The highest BCUT2D eigenvalue weighted by molar-refractivity contribution is 7.92. The summed E-state index contributed by atoms with van der Waals surface area (Å²) in [5.74, 6) is 0.00607. The average Bonchev–Trinajstić information content (AvgIpc) is 2.95. The monoisotopic (exact) mass is 294 g/mol. The van der Waals surface area contributed by atoms with Gasteiger partial charge < -0.3 is 5.32 Å². The van der Waals surface area contributed by atoms with Gasteiger partial charge in [0.15, 0.2) is 0 Å². The lowest BCUT2D eigenvalue weighted by molar-refractivity contribution is 0.253. The molecule has 0 spiro atoms. The smallest absolute Gasteiger partial charge is 0.307 e. The molecule has 1 heterocycles. The van der Waals surface area contributed by atoms with Crippen LogP contribution in [0.2, 0.25) is 0 Å². The number of rotatable bonds is 4. The van der Waals surface area contributed by atoms with Crippen molar-refractivity contribution in [1.82, 2.24) is 9.55 Å². The largest absolute Gasteiger partial charge is 0.331 e. The van der Waals surface area contributed by atoms with E-state index in [1.165, 1.54) is 23.3 Å². The summed E-state index contributed by atoms with van der Waals surface area (Å²) in [6.45, 7) is 1.56. The van der Waals surface area contributed by atoms with E-state index in [4.69, 9.17) is 0 Å². The number of imidazole rings is 1. The van der Waals surface area contributed by atoms with E-state index in [1.54, 1.807) is 31.2 Å². The third-order valence-corrected chi connectivity index (χ3v) is 3.84. The summed E-state index contributed by atoms with van der Waals surface area (Å²) in [5.41, 5.74) is 1.01. The highest BCUT2D eigenvalue weighted by atomic mass is 32.2. The molecule has 0 fully saturated rings. The van der Waals surface area contributed by atoms with Gasteiger partial charge in [-0.2, -0.15) is 0 Å². The number of hydrogen-bond donors (Lipinski definition) is 2. The van der Waals surface area contributed by atoms with Gasteiger partial charge in [-0.1, -0.05) is 0 Å². The second-order valence-corrected chi connectivity index (χ2v) is 5.99. The van der Waals surface area contributed by atoms with Crippen molar-refractivity contribution >= 4 is 27.4 Å². The Hall–Kier alpha value is -2.35. The number of nitrogens with zero attached hydrogens (tertiary/aromatic N) is 2. The number of hydrogen-bond acceptors (Lipinski definition) is 4. The number of carbonyl (C=O) groups is 1. The van der Waals surface area contributed by atoms with E-state index in [0.29, 0.717) is 11.4 Å². The SMILES string of the molecule is CCS(=O)(=O)Nc1ccc(NC(=O)n2ccnc2)cc1. The zero-order valence-corrected chi connectivity index (χ0v) is 11.6. The van der Waals surface area contributed by atoms with Crippen molar-refractivity contribution < 1.29 is 13.2 Å². The first-order valence-electron chi connectivity index (χ1n) is 5.90. The Labute approximate surface area is 116 Å². The van der Waals surface area contributed by atoms with Crippen LogP contribution in [0.5, 0.6) is 0 Å². The number of carbonyl (C=O) groups excluding carboxylic acids is 1. The molecule has 0 saturated carbocycles. The first-order chi connectivity index (χ1) is 9.50. The molecule has 106 valence electrons. The van der Waals surface area contributed by atoms with Gasteiger partial charge >= 0.3 is 6.03 Å². The predicted octanol–water partition coefficient (Wildman–Crippen LogP) is 1.72. The van der Waals surface area contributed by atoms with E-state index >= 15 is 0 Å². The Morgan fingerprint density at radius 3 is 2.45 bits per heavy atom. The fourth-order valence-corrected chi connectivity index (χ4v) is 2.08. The van der Waals surface area contributed by atoms with Gasteiger partial charge in [0.25, 0.3) is 0 Å². The van der Waals surface area contributed by atoms with Crippen molar-refractivity contribution in [2.75, 3.05) is 15.8 Å². The van der Waals surface area contributed by atoms with E-state index in [1.807, 2.05) is 0 Å². The summed E-state index contributed by atoms with van der Waals surface area (Å²) in [7, 11) is -3.29. The minimum Gasteiger partial charge on any atom is -0.307 e. The van der Waals surface area contributed by atoms with E-state index in [9.17, 15) is 13.2 Å². The Morgan fingerprint density at radius 2 is 1.90 bits per heavy atom. The molecule has 0 aliphatic rings. The molecule has 20 heavy (non-hydrogen) atoms. The maximum absolute atomic E-state index is 11.7. The molecule has 1 amide bonds. The van der Waals surface area contributed by atoms with Crippen LogP contribution in [0.4, 0.5) is 16.2 Å². The van der Waals surface area contributed by atoms with E-state index in [-0.39, 0.29) is 11.8 Å². The topological polar surface area (TPSA) is 93.1 Å².